The first kappa shape index (κ1) is 23.4. The van der Waals surface area contributed by atoms with E-state index in [9.17, 15) is 23.4 Å². The van der Waals surface area contributed by atoms with Crippen LogP contribution in [0.25, 0.3) is 11.2 Å². The van der Waals surface area contributed by atoms with Gasteiger partial charge in [0.1, 0.15) is 24.6 Å². The number of nitrogens with two attached hydrogens (primary N) is 1. The molecule has 15 heteroatoms. The van der Waals surface area contributed by atoms with E-state index in [1.165, 1.54) is 29.4 Å². The van der Waals surface area contributed by atoms with E-state index in [2.05, 4.69) is 25.0 Å². The van der Waals surface area contributed by atoms with E-state index in [1.54, 1.807) is 12.1 Å². The van der Waals surface area contributed by atoms with Crippen molar-refractivity contribution in [1.82, 2.24) is 29.0 Å². The zero-order chi connectivity index (χ0) is 24.7. The lowest BCUT2D eigenvalue weighted by Crippen LogP contribution is -2.45. The summed E-state index contributed by atoms with van der Waals surface area (Å²) < 4.78 is 36.0. The molecule has 2 aromatic heterocycles. The molecular formula is C20H24N8O6S. The SMILES string of the molecule is Nc1ccccc1C(=O)NS(=O)(=O)NC[C@H]1O[C@@H](n2cnc3c(NC4CC4)ncnc32)[C@H](O)[C@@H]1O. The Morgan fingerprint density at radius 3 is 2.69 bits per heavy atom. The number of hydrogen-bond acceptors (Lipinski definition) is 11. The van der Waals surface area contributed by atoms with Gasteiger partial charge in [0.25, 0.3) is 5.91 Å². The number of rotatable bonds is 8. The van der Waals surface area contributed by atoms with Crippen molar-refractivity contribution >= 4 is 38.8 Å². The van der Waals surface area contributed by atoms with E-state index >= 15 is 0 Å². The summed E-state index contributed by atoms with van der Waals surface area (Å²) in [6.07, 6.45) is -0.161. The number of para-hydroxylation sites is 1. The Morgan fingerprint density at radius 2 is 1.94 bits per heavy atom. The molecule has 2 fully saturated rings. The summed E-state index contributed by atoms with van der Waals surface area (Å²) in [4.78, 5) is 25.0. The fourth-order valence-electron chi connectivity index (χ4n) is 3.80. The summed E-state index contributed by atoms with van der Waals surface area (Å²) >= 11 is 0. The monoisotopic (exact) mass is 504 g/mol. The predicted octanol–water partition coefficient (Wildman–Crippen LogP) is -1.13. The zero-order valence-electron chi connectivity index (χ0n) is 18.3. The number of carbonyl (C=O) groups is 1. The van der Waals surface area contributed by atoms with Crippen molar-refractivity contribution in [2.24, 2.45) is 0 Å². The average molecular weight is 505 g/mol. The first-order valence-electron chi connectivity index (χ1n) is 10.9. The lowest BCUT2D eigenvalue weighted by Gasteiger charge is -2.17. The first-order chi connectivity index (χ1) is 16.7. The molecule has 35 heavy (non-hydrogen) atoms. The third-order valence-corrected chi connectivity index (χ3v) is 6.80. The zero-order valence-corrected chi connectivity index (χ0v) is 19.1. The number of amides is 1. The van der Waals surface area contributed by atoms with Gasteiger partial charge in [-0.1, -0.05) is 12.1 Å². The van der Waals surface area contributed by atoms with Gasteiger partial charge in [-0.2, -0.15) is 13.1 Å². The van der Waals surface area contributed by atoms with Gasteiger partial charge in [-0.3, -0.25) is 9.36 Å². The molecule has 0 spiro atoms. The van der Waals surface area contributed by atoms with Crippen molar-refractivity contribution in [2.75, 3.05) is 17.6 Å². The molecule has 1 aliphatic carbocycles. The number of benzene rings is 1. The lowest BCUT2D eigenvalue weighted by molar-refractivity contribution is -0.0330. The predicted molar refractivity (Wildman–Crippen MR) is 123 cm³/mol. The molecule has 186 valence electrons. The van der Waals surface area contributed by atoms with Gasteiger partial charge in [0.2, 0.25) is 0 Å². The van der Waals surface area contributed by atoms with Gasteiger partial charge in [-0.05, 0) is 25.0 Å². The van der Waals surface area contributed by atoms with Crippen molar-refractivity contribution in [3.05, 3.63) is 42.5 Å². The molecule has 5 rings (SSSR count). The van der Waals surface area contributed by atoms with Crippen LogP contribution in [0, 0.1) is 0 Å². The minimum absolute atomic E-state index is 0.00460. The smallest absolute Gasteiger partial charge is 0.301 e. The molecule has 1 saturated heterocycles. The van der Waals surface area contributed by atoms with Crippen molar-refractivity contribution < 1.29 is 28.2 Å². The van der Waals surface area contributed by atoms with Gasteiger partial charge in [0.15, 0.2) is 23.2 Å². The number of hydrogen-bond donors (Lipinski definition) is 6. The lowest BCUT2D eigenvalue weighted by atomic mass is 10.1. The van der Waals surface area contributed by atoms with Crippen LogP contribution in [0.15, 0.2) is 36.9 Å². The van der Waals surface area contributed by atoms with Crippen LogP contribution >= 0.6 is 0 Å². The number of anilines is 2. The molecular weight excluding hydrogens is 480 g/mol. The van der Waals surface area contributed by atoms with Crippen LogP contribution in [-0.4, -0.2) is 75.0 Å². The second kappa shape index (κ2) is 9.01. The third-order valence-electron chi connectivity index (χ3n) is 5.80. The Labute approximate surface area is 199 Å². The molecule has 0 radical (unpaired) electrons. The number of aliphatic hydroxyl groups is 2. The second-order valence-corrected chi connectivity index (χ2v) is 9.88. The quantitative estimate of drug-likeness (QED) is 0.202. The van der Waals surface area contributed by atoms with Crippen molar-refractivity contribution in [3.8, 4) is 0 Å². The summed E-state index contributed by atoms with van der Waals surface area (Å²) in [7, 11) is -4.32. The number of nitrogens with zero attached hydrogens (tertiary/aromatic N) is 4. The Balaban J connectivity index is 1.26. The molecule has 3 heterocycles. The van der Waals surface area contributed by atoms with E-state index in [0.717, 1.165) is 12.8 Å². The summed E-state index contributed by atoms with van der Waals surface area (Å²) in [6, 6.07) is 6.35. The maximum Gasteiger partial charge on any atom is 0.301 e. The molecule has 0 unspecified atom stereocenters. The van der Waals surface area contributed by atoms with E-state index in [-0.39, 0.29) is 11.3 Å². The highest BCUT2D eigenvalue weighted by atomic mass is 32.2. The number of imidazole rings is 1. The van der Waals surface area contributed by atoms with Crippen molar-refractivity contribution in [2.45, 2.75) is 43.4 Å². The summed E-state index contributed by atoms with van der Waals surface area (Å²) in [5.41, 5.74) is 6.69. The van der Waals surface area contributed by atoms with Crippen LogP contribution in [0.5, 0.6) is 0 Å². The van der Waals surface area contributed by atoms with Gasteiger partial charge < -0.3 is 26.0 Å². The standard InChI is InChI=1S/C20H24N8O6S/c21-12-4-2-1-3-11(12)19(31)27-35(32,33)25-7-13-15(29)16(30)20(34-13)28-9-24-14-17(26-10-5-6-10)22-8-23-18(14)28/h1-4,8-10,13,15-16,20,25,29-30H,5-7,21H2,(H,27,31)(H,22,23,26)/t13-,15-,16-,20-/m1/s1. The number of carbonyl (C=O) groups excluding carboxylic acids is 1. The molecule has 1 amide bonds. The first-order valence-corrected chi connectivity index (χ1v) is 12.3. The van der Waals surface area contributed by atoms with Crippen LogP contribution in [0.3, 0.4) is 0 Å². The molecule has 1 saturated carbocycles. The highest BCUT2D eigenvalue weighted by molar-refractivity contribution is 7.88. The van der Waals surface area contributed by atoms with Gasteiger partial charge >= 0.3 is 10.2 Å². The highest BCUT2D eigenvalue weighted by Crippen LogP contribution is 2.33. The van der Waals surface area contributed by atoms with Gasteiger partial charge in [-0.15, -0.1) is 0 Å². The van der Waals surface area contributed by atoms with Crippen LogP contribution in [0.2, 0.25) is 0 Å². The van der Waals surface area contributed by atoms with E-state index in [1.807, 2.05) is 4.72 Å². The van der Waals surface area contributed by atoms with Crippen LogP contribution < -0.4 is 20.5 Å². The number of nitrogens with one attached hydrogen (secondary N) is 3. The number of fused-ring (bicyclic) bond motifs is 1. The maximum atomic E-state index is 12.4. The topological polar surface area (TPSA) is 207 Å². The number of ether oxygens (including phenoxy) is 1. The summed E-state index contributed by atoms with van der Waals surface area (Å²) in [5.74, 6) is -0.357. The van der Waals surface area contributed by atoms with Crippen LogP contribution in [0.4, 0.5) is 11.5 Å². The fraction of sp³-hybridized carbons (Fsp3) is 0.400. The fourth-order valence-corrected chi connectivity index (χ4v) is 4.61. The Morgan fingerprint density at radius 1 is 1.17 bits per heavy atom. The van der Waals surface area contributed by atoms with Crippen LogP contribution in [-0.2, 0) is 14.9 Å². The van der Waals surface area contributed by atoms with Gasteiger partial charge in [0.05, 0.1) is 11.9 Å². The number of aliphatic hydroxyl groups excluding tert-OH is 2. The maximum absolute atomic E-state index is 12.4. The number of aromatic nitrogens is 4. The second-order valence-electron chi connectivity index (χ2n) is 8.38. The number of nitrogen functional groups attached to an aromatic ring is 1. The van der Waals surface area contributed by atoms with Gasteiger partial charge in [0, 0.05) is 18.3 Å². The molecule has 1 aliphatic heterocycles. The highest BCUT2D eigenvalue weighted by Gasteiger charge is 2.44. The van der Waals surface area contributed by atoms with Crippen molar-refractivity contribution in [3.63, 3.8) is 0 Å². The molecule has 3 aromatic rings. The summed E-state index contributed by atoms with van der Waals surface area (Å²) in [6.45, 7) is -0.419. The molecule has 2 aliphatic rings. The third kappa shape index (κ3) is 4.76. The molecule has 0 bridgehead atoms. The van der Waals surface area contributed by atoms with Crippen molar-refractivity contribution in [1.29, 1.82) is 0 Å². The van der Waals surface area contributed by atoms with E-state index in [4.69, 9.17) is 10.5 Å². The average Bonchev–Trinajstić information content (AvgIpc) is 3.46. The normalized spacial score (nSPS) is 24.5. The Hall–Kier alpha value is -3.37. The van der Waals surface area contributed by atoms with Crippen LogP contribution in [0.1, 0.15) is 29.4 Å². The molecule has 7 N–H and O–H groups in total. The van der Waals surface area contributed by atoms with E-state index < -0.39 is 47.2 Å². The van der Waals surface area contributed by atoms with Gasteiger partial charge in [-0.25, -0.2) is 19.7 Å². The summed E-state index contributed by atoms with van der Waals surface area (Å²) in [5, 5.41) is 24.3. The Kier molecular flexibility index (Phi) is 6.02. The minimum Gasteiger partial charge on any atom is -0.398 e. The Bertz CT molecular complexity index is 1360. The molecule has 1 aromatic carbocycles. The van der Waals surface area contributed by atoms with E-state index in [0.29, 0.717) is 23.0 Å². The molecule has 14 nitrogen and oxygen atoms in total. The minimum atomic E-state index is -4.32. The largest absolute Gasteiger partial charge is 0.398 e. The molecule has 4 atom stereocenters.